The Morgan fingerprint density at radius 3 is 2.00 bits per heavy atom. The minimum atomic E-state index is 0.0604. The van der Waals surface area contributed by atoms with E-state index in [-0.39, 0.29) is 6.61 Å². The summed E-state index contributed by atoms with van der Waals surface area (Å²) in [7, 11) is 0. The Balaban J connectivity index is 3.08. The third-order valence-electron chi connectivity index (χ3n) is 2.52. The first-order chi connectivity index (χ1) is 7.31. The molecule has 0 amide bonds. The van der Waals surface area contributed by atoms with Gasteiger partial charge in [0.15, 0.2) is 0 Å². The molecule has 0 rings (SSSR count). The summed E-state index contributed by atoms with van der Waals surface area (Å²) >= 11 is 0. The molecule has 0 saturated carbocycles. The number of rotatable bonds is 10. The summed E-state index contributed by atoms with van der Waals surface area (Å²) in [6.07, 6.45) is 11.3. The second-order valence-electron chi connectivity index (χ2n) is 3.98. The zero-order valence-electron chi connectivity index (χ0n) is 9.75. The fourth-order valence-corrected chi connectivity index (χ4v) is 1.58. The van der Waals surface area contributed by atoms with E-state index in [0.29, 0.717) is 0 Å². The van der Waals surface area contributed by atoms with Crippen molar-refractivity contribution in [2.45, 2.75) is 51.4 Å². The molecule has 0 saturated heterocycles. The Morgan fingerprint density at radius 2 is 1.47 bits per heavy atom. The van der Waals surface area contributed by atoms with Crippen LogP contribution in [0.15, 0.2) is 11.8 Å². The van der Waals surface area contributed by atoms with Gasteiger partial charge in [0.2, 0.25) is 0 Å². The SMILES string of the molecule is NCCCCCCCCCC(N)=CCO. The summed E-state index contributed by atoms with van der Waals surface area (Å²) in [4.78, 5) is 0. The summed E-state index contributed by atoms with van der Waals surface area (Å²) < 4.78 is 0. The van der Waals surface area contributed by atoms with Crippen LogP contribution in [0.2, 0.25) is 0 Å². The van der Waals surface area contributed by atoms with Gasteiger partial charge < -0.3 is 16.6 Å². The first kappa shape index (κ1) is 14.5. The Morgan fingerprint density at radius 1 is 0.933 bits per heavy atom. The topological polar surface area (TPSA) is 72.3 Å². The predicted molar refractivity (Wildman–Crippen MR) is 65.3 cm³/mol. The van der Waals surface area contributed by atoms with Crippen LogP contribution < -0.4 is 11.5 Å². The van der Waals surface area contributed by atoms with Gasteiger partial charge >= 0.3 is 0 Å². The van der Waals surface area contributed by atoms with E-state index in [1.54, 1.807) is 6.08 Å². The van der Waals surface area contributed by atoms with Gasteiger partial charge in [-0.1, -0.05) is 32.1 Å². The zero-order valence-corrected chi connectivity index (χ0v) is 9.75. The van der Waals surface area contributed by atoms with E-state index in [1.165, 1.54) is 32.1 Å². The molecule has 0 bridgehead atoms. The quantitative estimate of drug-likeness (QED) is 0.486. The molecule has 0 heterocycles. The highest BCUT2D eigenvalue weighted by Crippen LogP contribution is 2.09. The van der Waals surface area contributed by atoms with E-state index >= 15 is 0 Å². The molecule has 0 aliphatic rings. The molecular formula is C12H26N2O. The van der Waals surface area contributed by atoms with Gasteiger partial charge in [-0.15, -0.1) is 0 Å². The van der Waals surface area contributed by atoms with Crippen LogP contribution in [-0.2, 0) is 0 Å². The van der Waals surface area contributed by atoms with E-state index in [2.05, 4.69) is 0 Å². The lowest BCUT2D eigenvalue weighted by Gasteiger charge is -2.02. The van der Waals surface area contributed by atoms with Crippen molar-refractivity contribution in [2.75, 3.05) is 13.2 Å². The van der Waals surface area contributed by atoms with Crippen LogP contribution in [0.25, 0.3) is 0 Å². The highest BCUT2D eigenvalue weighted by atomic mass is 16.2. The van der Waals surface area contributed by atoms with Gasteiger partial charge in [-0.2, -0.15) is 0 Å². The largest absolute Gasteiger partial charge is 0.402 e. The predicted octanol–water partition coefficient (Wildman–Crippen LogP) is 1.90. The van der Waals surface area contributed by atoms with Gasteiger partial charge in [-0.25, -0.2) is 0 Å². The van der Waals surface area contributed by atoms with Gasteiger partial charge in [0.05, 0.1) is 6.61 Å². The maximum absolute atomic E-state index is 8.59. The lowest BCUT2D eigenvalue weighted by Crippen LogP contribution is -1.98. The highest BCUT2D eigenvalue weighted by molar-refractivity contribution is 4.95. The maximum atomic E-state index is 8.59. The van der Waals surface area contributed by atoms with Crippen LogP contribution in [0.4, 0.5) is 0 Å². The van der Waals surface area contributed by atoms with Crippen molar-refractivity contribution in [3.63, 3.8) is 0 Å². The molecule has 0 aromatic carbocycles. The van der Waals surface area contributed by atoms with Gasteiger partial charge in [0, 0.05) is 5.70 Å². The minimum absolute atomic E-state index is 0.0604. The molecular weight excluding hydrogens is 188 g/mol. The van der Waals surface area contributed by atoms with E-state index < -0.39 is 0 Å². The lowest BCUT2D eigenvalue weighted by molar-refractivity contribution is 0.341. The fraction of sp³-hybridized carbons (Fsp3) is 0.833. The molecule has 0 aliphatic heterocycles. The summed E-state index contributed by atoms with van der Waals surface area (Å²) in [5.41, 5.74) is 11.9. The molecule has 0 atom stereocenters. The van der Waals surface area contributed by atoms with Crippen molar-refractivity contribution < 1.29 is 5.11 Å². The average Bonchev–Trinajstić information content (AvgIpc) is 2.22. The molecule has 5 N–H and O–H groups in total. The van der Waals surface area contributed by atoms with Crippen LogP contribution >= 0.6 is 0 Å². The second kappa shape index (κ2) is 11.5. The first-order valence-corrected chi connectivity index (χ1v) is 6.06. The van der Waals surface area contributed by atoms with Crippen molar-refractivity contribution in [2.24, 2.45) is 11.5 Å². The van der Waals surface area contributed by atoms with E-state index in [4.69, 9.17) is 16.6 Å². The number of hydrogen-bond donors (Lipinski definition) is 3. The molecule has 0 fully saturated rings. The van der Waals surface area contributed by atoms with Gasteiger partial charge in [-0.3, -0.25) is 0 Å². The maximum Gasteiger partial charge on any atom is 0.0631 e. The third-order valence-corrected chi connectivity index (χ3v) is 2.52. The monoisotopic (exact) mass is 214 g/mol. The van der Waals surface area contributed by atoms with Gasteiger partial charge in [-0.05, 0) is 31.9 Å². The van der Waals surface area contributed by atoms with Crippen molar-refractivity contribution >= 4 is 0 Å². The van der Waals surface area contributed by atoms with Gasteiger partial charge in [0.1, 0.15) is 0 Å². The second-order valence-corrected chi connectivity index (χ2v) is 3.98. The average molecular weight is 214 g/mol. The molecule has 15 heavy (non-hydrogen) atoms. The zero-order chi connectivity index (χ0) is 11.4. The Kier molecular flexibility index (Phi) is 11.1. The fourth-order valence-electron chi connectivity index (χ4n) is 1.58. The Bertz CT molecular complexity index is 158. The smallest absolute Gasteiger partial charge is 0.0631 e. The Hall–Kier alpha value is -0.540. The summed E-state index contributed by atoms with van der Waals surface area (Å²) in [6.45, 7) is 0.882. The van der Waals surface area contributed by atoms with E-state index in [9.17, 15) is 0 Å². The van der Waals surface area contributed by atoms with E-state index in [1.807, 2.05) is 0 Å². The number of hydrogen-bond acceptors (Lipinski definition) is 3. The number of unbranched alkanes of at least 4 members (excludes halogenated alkanes) is 6. The Labute approximate surface area is 93.5 Å². The van der Waals surface area contributed by atoms with Crippen molar-refractivity contribution in [3.8, 4) is 0 Å². The van der Waals surface area contributed by atoms with Crippen LogP contribution in [0.5, 0.6) is 0 Å². The third kappa shape index (κ3) is 11.4. The van der Waals surface area contributed by atoms with Crippen LogP contribution in [-0.4, -0.2) is 18.3 Å². The van der Waals surface area contributed by atoms with Gasteiger partial charge in [0.25, 0.3) is 0 Å². The molecule has 0 spiro atoms. The summed E-state index contributed by atoms with van der Waals surface area (Å²) in [6, 6.07) is 0. The summed E-state index contributed by atoms with van der Waals surface area (Å²) in [5, 5.41) is 8.59. The van der Waals surface area contributed by atoms with Crippen molar-refractivity contribution in [3.05, 3.63) is 11.8 Å². The molecule has 0 unspecified atom stereocenters. The highest BCUT2D eigenvalue weighted by Gasteiger charge is 1.93. The molecule has 3 nitrogen and oxygen atoms in total. The first-order valence-electron chi connectivity index (χ1n) is 6.06. The van der Waals surface area contributed by atoms with E-state index in [0.717, 1.165) is 31.5 Å². The number of aliphatic hydroxyl groups is 1. The normalized spacial score (nSPS) is 12.0. The molecule has 0 radical (unpaired) electrons. The van der Waals surface area contributed by atoms with Crippen LogP contribution in [0.1, 0.15) is 51.4 Å². The number of allylic oxidation sites excluding steroid dienone is 1. The van der Waals surface area contributed by atoms with Crippen LogP contribution in [0.3, 0.4) is 0 Å². The number of nitrogens with two attached hydrogens (primary N) is 2. The molecule has 0 aliphatic carbocycles. The van der Waals surface area contributed by atoms with Crippen molar-refractivity contribution in [1.29, 1.82) is 0 Å². The standard InChI is InChI=1S/C12H26N2O/c13-10-7-5-3-1-2-4-6-8-12(14)9-11-15/h9,15H,1-8,10-11,13-14H2. The summed E-state index contributed by atoms with van der Waals surface area (Å²) in [5.74, 6) is 0. The lowest BCUT2D eigenvalue weighted by atomic mass is 10.1. The minimum Gasteiger partial charge on any atom is -0.402 e. The molecule has 3 heteroatoms. The molecule has 0 aromatic heterocycles. The molecule has 90 valence electrons. The number of aliphatic hydroxyl groups excluding tert-OH is 1. The van der Waals surface area contributed by atoms with Crippen molar-refractivity contribution in [1.82, 2.24) is 0 Å². The van der Waals surface area contributed by atoms with Crippen LogP contribution in [0, 0.1) is 0 Å². The molecule has 0 aromatic rings.